The standard InChI is InChI=1S/C27H52N2O4/c1-7-23(33-20-16-14-18-26(8-2,9-3)17-13-15-19-30)21-27(10-4,11-5)29-24(31)22-28(12-6)25(29)32/h23,30H,7-22H2,1-6H3. The molecule has 6 heteroatoms. The molecule has 3 amide bonds. The van der Waals surface area contributed by atoms with E-state index in [-0.39, 0.29) is 31.2 Å². The van der Waals surface area contributed by atoms with E-state index >= 15 is 0 Å². The van der Waals surface area contributed by atoms with Crippen molar-refractivity contribution in [3.8, 4) is 0 Å². The summed E-state index contributed by atoms with van der Waals surface area (Å²) in [7, 11) is 0. The van der Waals surface area contributed by atoms with Crippen molar-refractivity contribution in [2.75, 3.05) is 26.3 Å². The van der Waals surface area contributed by atoms with E-state index in [0.717, 1.165) is 51.6 Å². The number of hydrogen-bond donors (Lipinski definition) is 1. The molecular weight excluding hydrogens is 416 g/mol. The van der Waals surface area contributed by atoms with Gasteiger partial charge in [0.25, 0.3) is 5.91 Å². The van der Waals surface area contributed by atoms with E-state index in [9.17, 15) is 9.59 Å². The Morgan fingerprint density at radius 1 is 0.909 bits per heavy atom. The Bertz CT molecular complexity index is 572. The van der Waals surface area contributed by atoms with Gasteiger partial charge in [-0.2, -0.15) is 0 Å². The summed E-state index contributed by atoms with van der Waals surface area (Å²) in [6.07, 6.45) is 12.1. The predicted octanol–water partition coefficient (Wildman–Crippen LogP) is 6.15. The van der Waals surface area contributed by atoms with Crippen molar-refractivity contribution >= 4 is 11.9 Å². The van der Waals surface area contributed by atoms with Crippen LogP contribution in [0.2, 0.25) is 0 Å². The van der Waals surface area contributed by atoms with E-state index < -0.39 is 5.54 Å². The van der Waals surface area contributed by atoms with Crippen molar-refractivity contribution in [3.05, 3.63) is 0 Å². The first kappa shape index (κ1) is 29.9. The summed E-state index contributed by atoms with van der Waals surface area (Å²) >= 11 is 0. The molecule has 1 heterocycles. The quantitative estimate of drug-likeness (QED) is 0.182. The maximum atomic E-state index is 12.9. The lowest BCUT2D eigenvalue weighted by Gasteiger charge is -2.41. The molecule has 1 aliphatic rings. The lowest BCUT2D eigenvalue weighted by atomic mass is 9.74. The highest BCUT2D eigenvalue weighted by Crippen LogP contribution is 2.38. The molecule has 0 aromatic heterocycles. The van der Waals surface area contributed by atoms with Crippen LogP contribution in [0.25, 0.3) is 0 Å². The first-order valence-electron chi connectivity index (χ1n) is 13.7. The van der Waals surface area contributed by atoms with E-state index in [2.05, 4.69) is 34.6 Å². The molecule has 1 aliphatic heterocycles. The fourth-order valence-electron chi connectivity index (χ4n) is 5.50. The number of carbonyl (C=O) groups excluding carboxylic acids is 2. The highest BCUT2D eigenvalue weighted by Gasteiger charge is 2.48. The van der Waals surface area contributed by atoms with Gasteiger partial charge in [-0.1, -0.05) is 60.3 Å². The molecule has 0 bridgehead atoms. The third kappa shape index (κ3) is 7.95. The van der Waals surface area contributed by atoms with Gasteiger partial charge in [0, 0.05) is 19.8 Å². The molecule has 33 heavy (non-hydrogen) atoms. The number of rotatable bonds is 19. The van der Waals surface area contributed by atoms with Crippen molar-refractivity contribution in [2.45, 2.75) is 130 Å². The number of likely N-dealkylation sites (N-methyl/N-ethyl adjacent to an activating group) is 1. The first-order valence-corrected chi connectivity index (χ1v) is 13.7. The van der Waals surface area contributed by atoms with E-state index in [4.69, 9.17) is 9.84 Å². The molecule has 1 saturated heterocycles. The van der Waals surface area contributed by atoms with Gasteiger partial charge in [-0.15, -0.1) is 0 Å². The zero-order valence-electron chi connectivity index (χ0n) is 22.5. The third-order valence-corrected chi connectivity index (χ3v) is 8.34. The number of aliphatic hydroxyl groups is 1. The van der Waals surface area contributed by atoms with Gasteiger partial charge in [0.1, 0.15) is 6.54 Å². The molecule has 0 aliphatic carbocycles. The number of hydrogen-bond acceptors (Lipinski definition) is 4. The van der Waals surface area contributed by atoms with Crippen LogP contribution in [-0.2, 0) is 9.53 Å². The van der Waals surface area contributed by atoms with Gasteiger partial charge >= 0.3 is 6.03 Å². The van der Waals surface area contributed by atoms with Crippen LogP contribution in [0.5, 0.6) is 0 Å². The van der Waals surface area contributed by atoms with Crippen LogP contribution in [0, 0.1) is 5.41 Å². The van der Waals surface area contributed by atoms with Crippen molar-refractivity contribution in [1.29, 1.82) is 0 Å². The fourth-order valence-corrected chi connectivity index (χ4v) is 5.50. The molecule has 6 nitrogen and oxygen atoms in total. The average Bonchev–Trinajstić information content (AvgIpc) is 3.13. The maximum Gasteiger partial charge on any atom is 0.327 e. The normalized spacial score (nSPS) is 16.2. The highest BCUT2D eigenvalue weighted by molar-refractivity contribution is 6.02. The van der Waals surface area contributed by atoms with E-state index in [1.165, 1.54) is 25.7 Å². The number of amides is 3. The molecule has 1 fully saturated rings. The summed E-state index contributed by atoms with van der Waals surface area (Å²) in [6, 6.07) is -0.141. The number of ether oxygens (including phenoxy) is 1. The van der Waals surface area contributed by atoms with Gasteiger partial charge in [-0.05, 0) is 63.7 Å². The average molecular weight is 469 g/mol. The number of carbonyl (C=O) groups is 2. The molecule has 0 radical (unpaired) electrons. The van der Waals surface area contributed by atoms with Crippen molar-refractivity contribution < 1.29 is 19.4 Å². The third-order valence-electron chi connectivity index (χ3n) is 8.34. The molecule has 194 valence electrons. The zero-order chi connectivity index (χ0) is 24.9. The minimum absolute atomic E-state index is 0.0489. The topological polar surface area (TPSA) is 70.1 Å². The predicted molar refractivity (Wildman–Crippen MR) is 135 cm³/mol. The second-order valence-electron chi connectivity index (χ2n) is 9.91. The van der Waals surface area contributed by atoms with Gasteiger partial charge in [-0.25, -0.2) is 4.79 Å². The van der Waals surface area contributed by atoms with Crippen LogP contribution in [0.3, 0.4) is 0 Å². The number of unbranched alkanes of at least 4 members (excludes halogenated alkanes) is 2. The van der Waals surface area contributed by atoms with Gasteiger partial charge in [0.15, 0.2) is 0 Å². The van der Waals surface area contributed by atoms with E-state index in [1.807, 2.05) is 6.92 Å². The van der Waals surface area contributed by atoms with Crippen LogP contribution in [0.1, 0.15) is 119 Å². The lowest BCUT2D eigenvalue weighted by Crippen LogP contribution is -2.53. The summed E-state index contributed by atoms with van der Waals surface area (Å²) in [4.78, 5) is 28.8. The monoisotopic (exact) mass is 468 g/mol. The summed E-state index contributed by atoms with van der Waals surface area (Å²) in [5, 5.41) is 9.11. The van der Waals surface area contributed by atoms with Crippen LogP contribution >= 0.6 is 0 Å². The number of imide groups is 1. The maximum absolute atomic E-state index is 12.9. The molecule has 0 spiro atoms. The zero-order valence-corrected chi connectivity index (χ0v) is 22.5. The number of nitrogens with zero attached hydrogens (tertiary/aromatic N) is 2. The van der Waals surface area contributed by atoms with Crippen molar-refractivity contribution in [3.63, 3.8) is 0 Å². The molecule has 1 unspecified atom stereocenters. The van der Waals surface area contributed by atoms with Crippen LogP contribution < -0.4 is 0 Å². The Morgan fingerprint density at radius 3 is 1.97 bits per heavy atom. The SMILES string of the molecule is CCC(CC(CC)(CC)N1C(=O)CN(CC)C1=O)OCCCCC(CC)(CC)CCCCO. The Balaban J connectivity index is 2.65. The molecule has 0 aromatic rings. The molecule has 0 saturated carbocycles. The van der Waals surface area contributed by atoms with Gasteiger partial charge in [-0.3, -0.25) is 9.69 Å². The Kier molecular flexibility index (Phi) is 13.6. The highest BCUT2D eigenvalue weighted by atomic mass is 16.5. The molecule has 1 rings (SSSR count). The first-order chi connectivity index (χ1) is 15.8. The molecular formula is C27H52N2O4. The number of aliphatic hydroxyl groups excluding tert-OH is 1. The summed E-state index contributed by atoms with van der Waals surface area (Å²) in [6.45, 7) is 14.6. The minimum atomic E-state index is -0.467. The Labute approximate surface area is 203 Å². The van der Waals surface area contributed by atoms with Crippen LogP contribution in [0.4, 0.5) is 4.79 Å². The van der Waals surface area contributed by atoms with Crippen molar-refractivity contribution in [1.82, 2.24) is 9.80 Å². The largest absolute Gasteiger partial charge is 0.396 e. The van der Waals surface area contributed by atoms with E-state index in [1.54, 1.807) is 9.80 Å². The fraction of sp³-hybridized carbons (Fsp3) is 0.926. The smallest absolute Gasteiger partial charge is 0.327 e. The van der Waals surface area contributed by atoms with Crippen LogP contribution in [-0.4, -0.2) is 64.8 Å². The lowest BCUT2D eigenvalue weighted by molar-refractivity contribution is -0.131. The second kappa shape index (κ2) is 15.0. The molecule has 0 aromatic carbocycles. The van der Waals surface area contributed by atoms with Gasteiger partial charge in [0.2, 0.25) is 0 Å². The second-order valence-corrected chi connectivity index (χ2v) is 9.91. The molecule has 1 N–H and O–H groups in total. The summed E-state index contributed by atoms with van der Waals surface area (Å²) in [5.74, 6) is -0.0722. The summed E-state index contributed by atoms with van der Waals surface area (Å²) < 4.78 is 6.32. The minimum Gasteiger partial charge on any atom is -0.396 e. The van der Waals surface area contributed by atoms with Gasteiger partial charge in [0.05, 0.1) is 11.6 Å². The van der Waals surface area contributed by atoms with E-state index in [0.29, 0.717) is 18.4 Å². The van der Waals surface area contributed by atoms with Crippen LogP contribution in [0.15, 0.2) is 0 Å². The Morgan fingerprint density at radius 2 is 1.52 bits per heavy atom. The number of urea groups is 1. The van der Waals surface area contributed by atoms with Gasteiger partial charge < -0.3 is 14.7 Å². The Hall–Kier alpha value is -1.14. The molecule has 1 atom stereocenters. The summed E-state index contributed by atoms with van der Waals surface area (Å²) in [5.41, 5.74) is -0.0778. The van der Waals surface area contributed by atoms with Crippen molar-refractivity contribution in [2.24, 2.45) is 5.41 Å².